The number of H-pyrrole nitrogens is 1. The number of aromatic amines is 1. The Bertz CT molecular complexity index is 1040. The lowest BCUT2D eigenvalue weighted by molar-refractivity contribution is -0.141. The van der Waals surface area contributed by atoms with Gasteiger partial charge in [0.25, 0.3) is 5.56 Å². The molecule has 0 unspecified atom stereocenters. The molecule has 0 fully saturated rings. The molecule has 0 bridgehead atoms. The third-order valence-electron chi connectivity index (χ3n) is 3.75. The van der Waals surface area contributed by atoms with Gasteiger partial charge in [-0.05, 0) is 18.1 Å². The smallest absolute Gasteiger partial charge is 0.338 e. The molecule has 0 amide bonds. The Morgan fingerprint density at radius 3 is 2.52 bits per heavy atom. The maximum atomic E-state index is 12.7. The fourth-order valence-electron chi connectivity index (χ4n) is 2.58. The predicted molar refractivity (Wildman–Crippen MR) is 82.8 cm³/mol. The van der Waals surface area contributed by atoms with E-state index in [2.05, 4.69) is 15.1 Å². The van der Waals surface area contributed by atoms with E-state index in [0.717, 1.165) is 16.8 Å². The number of nitrogens with one attached hydrogen (secondary N) is 1. The zero-order valence-electron chi connectivity index (χ0n) is 13.2. The molecule has 0 aliphatic carbocycles. The van der Waals surface area contributed by atoms with E-state index in [1.165, 1.54) is 12.3 Å². The van der Waals surface area contributed by atoms with Gasteiger partial charge in [0, 0.05) is 17.3 Å². The van der Waals surface area contributed by atoms with Crippen molar-refractivity contribution in [3.05, 3.63) is 51.7 Å². The van der Waals surface area contributed by atoms with Crippen LogP contribution >= 0.6 is 0 Å². The number of nitriles is 1. The van der Waals surface area contributed by atoms with Crippen LogP contribution in [0.2, 0.25) is 0 Å². The Balaban J connectivity index is 2.29. The van der Waals surface area contributed by atoms with Gasteiger partial charge in [0.2, 0.25) is 0 Å². The van der Waals surface area contributed by atoms with E-state index in [1.54, 1.807) is 13.8 Å². The van der Waals surface area contributed by atoms with Crippen LogP contribution in [-0.4, -0.2) is 19.6 Å². The summed E-state index contributed by atoms with van der Waals surface area (Å²) in [5, 5.41) is 13.0. The largest absolute Gasteiger partial charge is 0.433 e. The highest BCUT2D eigenvalue weighted by Crippen LogP contribution is 2.30. The van der Waals surface area contributed by atoms with Gasteiger partial charge in [0.15, 0.2) is 5.65 Å². The van der Waals surface area contributed by atoms with E-state index in [0.29, 0.717) is 16.8 Å². The molecule has 0 aliphatic rings. The summed E-state index contributed by atoms with van der Waals surface area (Å²) in [7, 11) is 0. The second-order valence-corrected chi connectivity index (χ2v) is 5.73. The average Bonchev–Trinajstić information content (AvgIpc) is 2.97. The predicted octanol–water partition coefficient (Wildman–Crippen LogP) is 3.10. The van der Waals surface area contributed by atoms with E-state index in [4.69, 9.17) is 5.26 Å². The molecule has 0 radical (unpaired) electrons. The molecular weight excluding hydrogens is 335 g/mol. The molecule has 9 heteroatoms. The Morgan fingerprint density at radius 1 is 1.28 bits per heavy atom. The van der Waals surface area contributed by atoms with Crippen LogP contribution in [0.5, 0.6) is 0 Å². The Hall–Kier alpha value is -3.15. The van der Waals surface area contributed by atoms with Crippen LogP contribution in [0.25, 0.3) is 16.9 Å². The molecule has 0 aromatic carbocycles. The van der Waals surface area contributed by atoms with E-state index in [9.17, 15) is 18.0 Å². The zero-order valence-corrected chi connectivity index (χ0v) is 13.2. The van der Waals surface area contributed by atoms with Crippen LogP contribution in [0.4, 0.5) is 13.2 Å². The number of aromatic nitrogens is 4. The average molecular weight is 347 g/mol. The molecular formula is C16H12F3N5O. The second-order valence-electron chi connectivity index (χ2n) is 5.73. The van der Waals surface area contributed by atoms with Crippen molar-refractivity contribution < 1.29 is 13.2 Å². The summed E-state index contributed by atoms with van der Waals surface area (Å²) >= 11 is 0. The Labute approximate surface area is 139 Å². The van der Waals surface area contributed by atoms with E-state index in [-0.39, 0.29) is 17.1 Å². The van der Waals surface area contributed by atoms with Gasteiger partial charge in [0.1, 0.15) is 17.3 Å². The third-order valence-corrected chi connectivity index (χ3v) is 3.75. The molecule has 6 nitrogen and oxygen atoms in total. The Kier molecular flexibility index (Phi) is 3.83. The molecule has 0 saturated heterocycles. The van der Waals surface area contributed by atoms with Crippen molar-refractivity contribution in [3.63, 3.8) is 0 Å². The number of rotatable bonds is 2. The van der Waals surface area contributed by atoms with E-state index in [1.807, 2.05) is 6.07 Å². The summed E-state index contributed by atoms with van der Waals surface area (Å²) in [4.78, 5) is 19.1. The number of alkyl halides is 3. The minimum Gasteiger partial charge on any atom is -0.338 e. The van der Waals surface area contributed by atoms with Crippen LogP contribution < -0.4 is 5.56 Å². The number of hydrogen-bond donors (Lipinski definition) is 1. The summed E-state index contributed by atoms with van der Waals surface area (Å²) in [5.74, 6) is -0.222. The highest BCUT2D eigenvalue weighted by Gasteiger charge is 2.32. The number of pyridine rings is 1. The molecule has 0 spiro atoms. The summed E-state index contributed by atoms with van der Waals surface area (Å²) in [6.45, 7) is 3.57. The van der Waals surface area contributed by atoms with Gasteiger partial charge < -0.3 is 4.98 Å². The maximum Gasteiger partial charge on any atom is 0.433 e. The van der Waals surface area contributed by atoms with Gasteiger partial charge in [-0.2, -0.15) is 28.0 Å². The lowest BCUT2D eigenvalue weighted by Crippen LogP contribution is -2.22. The summed E-state index contributed by atoms with van der Waals surface area (Å²) < 4.78 is 39.2. The van der Waals surface area contributed by atoms with Crippen LogP contribution in [0.15, 0.2) is 29.3 Å². The Morgan fingerprint density at radius 2 is 2.00 bits per heavy atom. The first-order valence-corrected chi connectivity index (χ1v) is 7.31. The molecule has 0 aliphatic heterocycles. The lowest BCUT2D eigenvalue weighted by atomic mass is 9.99. The molecule has 128 valence electrons. The van der Waals surface area contributed by atoms with Gasteiger partial charge in [-0.25, -0.2) is 0 Å². The molecule has 25 heavy (non-hydrogen) atoms. The fraction of sp³-hybridized carbons (Fsp3) is 0.250. The lowest BCUT2D eigenvalue weighted by Gasteiger charge is -2.13. The standard InChI is InChI=1S/C16H12F3N5O/c1-8(2)12-13(9-3-4-11(21-6-9)16(17,18)19)23-14-10(5-20)7-22-24(14)15(12)25/h3-4,6-8,23H,1-2H3. The van der Waals surface area contributed by atoms with Gasteiger partial charge in [-0.1, -0.05) is 13.8 Å². The number of halogens is 3. The molecule has 1 N–H and O–H groups in total. The van der Waals surface area contributed by atoms with Crippen molar-refractivity contribution in [3.8, 4) is 17.3 Å². The highest BCUT2D eigenvalue weighted by molar-refractivity contribution is 5.67. The quantitative estimate of drug-likeness (QED) is 0.772. The second kappa shape index (κ2) is 5.73. The normalized spacial score (nSPS) is 11.9. The number of hydrogen-bond acceptors (Lipinski definition) is 4. The van der Waals surface area contributed by atoms with Gasteiger partial charge in [-0.15, -0.1) is 0 Å². The monoisotopic (exact) mass is 347 g/mol. The van der Waals surface area contributed by atoms with Crippen molar-refractivity contribution in [2.24, 2.45) is 0 Å². The van der Waals surface area contributed by atoms with Crippen molar-refractivity contribution in [1.29, 1.82) is 5.26 Å². The topological polar surface area (TPSA) is 86.8 Å². The van der Waals surface area contributed by atoms with Crippen molar-refractivity contribution in [2.75, 3.05) is 0 Å². The molecule has 3 heterocycles. The molecule has 3 aromatic rings. The molecule has 3 aromatic heterocycles. The third kappa shape index (κ3) is 2.76. The maximum absolute atomic E-state index is 12.7. The van der Waals surface area contributed by atoms with Crippen molar-refractivity contribution in [1.82, 2.24) is 19.6 Å². The minimum atomic E-state index is -4.55. The number of fused-ring (bicyclic) bond motifs is 1. The van der Waals surface area contributed by atoms with Gasteiger partial charge >= 0.3 is 6.18 Å². The molecule has 0 atom stereocenters. The number of nitrogens with zero attached hydrogens (tertiary/aromatic N) is 4. The first-order valence-electron chi connectivity index (χ1n) is 7.31. The van der Waals surface area contributed by atoms with Crippen LogP contribution in [0, 0.1) is 11.3 Å². The zero-order chi connectivity index (χ0) is 18.4. The summed E-state index contributed by atoms with van der Waals surface area (Å²) in [6, 6.07) is 4.01. The van der Waals surface area contributed by atoms with E-state index >= 15 is 0 Å². The van der Waals surface area contributed by atoms with Gasteiger partial charge in [0.05, 0.1) is 11.9 Å². The van der Waals surface area contributed by atoms with Crippen molar-refractivity contribution in [2.45, 2.75) is 25.9 Å². The summed E-state index contributed by atoms with van der Waals surface area (Å²) in [5.41, 5.74) is -0.109. The summed E-state index contributed by atoms with van der Waals surface area (Å²) in [6.07, 6.45) is -2.23. The first-order chi connectivity index (χ1) is 11.7. The molecule has 3 rings (SSSR count). The first kappa shape index (κ1) is 16.7. The van der Waals surface area contributed by atoms with Gasteiger partial charge in [-0.3, -0.25) is 9.78 Å². The molecule has 0 saturated carbocycles. The van der Waals surface area contributed by atoms with Crippen molar-refractivity contribution >= 4 is 5.65 Å². The van der Waals surface area contributed by atoms with E-state index < -0.39 is 17.4 Å². The SMILES string of the molecule is CC(C)c1c(-c2ccc(C(F)(F)F)nc2)[nH]c2c(C#N)cnn2c1=O. The van der Waals surface area contributed by atoms with Crippen LogP contribution in [0.3, 0.4) is 0 Å². The van der Waals surface area contributed by atoms with Crippen LogP contribution in [0.1, 0.15) is 36.6 Å². The fourth-order valence-corrected chi connectivity index (χ4v) is 2.58. The van der Waals surface area contributed by atoms with Crippen LogP contribution in [-0.2, 0) is 6.18 Å². The minimum absolute atomic E-state index is 0.161. The highest BCUT2D eigenvalue weighted by atomic mass is 19.4.